The maximum Gasteiger partial charge on any atom is 0.327 e. The molecule has 1 N–H and O–H groups in total. The Morgan fingerprint density at radius 2 is 1.51 bits per heavy atom. The summed E-state index contributed by atoms with van der Waals surface area (Å²) in [4.78, 5) is 14.1. The number of aliphatic hydroxyl groups is 1. The van der Waals surface area contributed by atoms with Crippen molar-refractivity contribution >= 4 is 12.0 Å². The van der Waals surface area contributed by atoms with Crippen molar-refractivity contribution in [2.24, 2.45) is 0 Å². The monoisotopic (exact) mass is 493 g/mol. The maximum atomic E-state index is 11.6. The summed E-state index contributed by atoms with van der Waals surface area (Å²) >= 11 is 0. The van der Waals surface area contributed by atoms with Crippen LogP contribution in [0, 0.1) is 0 Å². The first-order valence-corrected chi connectivity index (χ1v) is 12.5. The minimum absolute atomic E-state index is 0.0491. The fourth-order valence-electron chi connectivity index (χ4n) is 5.33. The van der Waals surface area contributed by atoms with Crippen LogP contribution in [0.4, 0.5) is 0 Å². The molecule has 1 atom stereocenters. The molecule has 5 rings (SSSR count). The first-order chi connectivity index (χ1) is 18.1. The third-order valence-electron chi connectivity index (χ3n) is 7.05. The van der Waals surface area contributed by atoms with Gasteiger partial charge in [0.2, 0.25) is 0 Å². The van der Waals surface area contributed by atoms with E-state index in [9.17, 15) is 9.90 Å². The van der Waals surface area contributed by atoms with Crippen molar-refractivity contribution in [1.29, 1.82) is 0 Å². The molecular weight excluding hydrogens is 462 g/mol. The van der Waals surface area contributed by atoms with Crippen molar-refractivity contribution in [2.75, 3.05) is 20.2 Å². The minimum atomic E-state index is -0.555. The van der Waals surface area contributed by atoms with Gasteiger partial charge in [0.25, 0.3) is 0 Å². The minimum Gasteiger partial charge on any atom is -0.468 e. The molecule has 188 valence electrons. The van der Waals surface area contributed by atoms with Crippen LogP contribution >= 0.6 is 0 Å². The molecule has 1 aliphatic heterocycles. The third kappa shape index (κ3) is 4.99. The molecule has 0 spiro atoms. The number of carbonyl (C=O) groups excluding carboxylic acids is 1. The predicted molar refractivity (Wildman–Crippen MR) is 144 cm³/mol. The fraction of sp³-hybridized carbons (Fsp3) is 0.226. The summed E-state index contributed by atoms with van der Waals surface area (Å²) in [5, 5.41) is 15.3. The lowest BCUT2D eigenvalue weighted by atomic mass is 9.74. The number of aromatic nitrogens is 2. The number of benzene rings is 3. The fourth-order valence-corrected chi connectivity index (χ4v) is 5.33. The third-order valence-corrected chi connectivity index (χ3v) is 7.05. The van der Waals surface area contributed by atoms with Crippen molar-refractivity contribution < 1.29 is 14.6 Å². The van der Waals surface area contributed by atoms with Crippen molar-refractivity contribution in [3.05, 3.63) is 131 Å². The van der Waals surface area contributed by atoms with E-state index in [1.165, 1.54) is 23.8 Å². The van der Waals surface area contributed by atoms with E-state index in [1.807, 2.05) is 24.3 Å². The number of aliphatic hydroxyl groups excluding tert-OH is 1. The van der Waals surface area contributed by atoms with Gasteiger partial charge in [-0.25, -0.2) is 0 Å². The number of ether oxygens (including phenoxy) is 1. The standard InChI is InChI=1S/C31H31N3O3/c1-37-30(36)23-34-21-24(20-32-34)19-25-22-33(18-17-29(25)35)31(26-11-5-2-6-12-26,27-13-7-3-8-14-27)28-15-9-4-10-16-28/h2-16,19-21,29,35H,17-18,22-23H2,1H3/b25-19+. The number of likely N-dealkylation sites (tertiary alicyclic amines) is 1. The molecule has 0 bridgehead atoms. The van der Waals surface area contributed by atoms with Crippen LogP contribution in [0.1, 0.15) is 28.7 Å². The zero-order valence-corrected chi connectivity index (χ0v) is 20.9. The van der Waals surface area contributed by atoms with Gasteiger partial charge in [0.05, 0.1) is 24.9 Å². The van der Waals surface area contributed by atoms with E-state index in [0.29, 0.717) is 13.0 Å². The van der Waals surface area contributed by atoms with E-state index < -0.39 is 11.6 Å². The van der Waals surface area contributed by atoms with Gasteiger partial charge in [0.15, 0.2) is 0 Å². The summed E-state index contributed by atoms with van der Waals surface area (Å²) in [7, 11) is 1.36. The number of methoxy groups -OCH3 is 1. The van der Waals surface area contributed by atoms with Crippen LogP contribution in [0.15, 0.2) is 109 Å². The summed E-state index contributed by atoms with van der Waals surface area (Å²) in [6.45, 7) is 1.34. The van der Waals surface area contributed by atoms with Gasteiger partial charge < -0.3 is 9.84 Å². The van der Waals surface area contributed by atoms with Gasteiger partial charge in [0.1, 0.15) is 6.54 Å². The second kappa shape index (κ2) is 10.9. The molecule has 0 radical (unpaired) electrons. The van der Waals surface area contributed by atoms with Crippen LogP contribution < -0.4 is 0 Å². The lowest BCUT2D eigenvalue weighted by Crippen LogP contribution is -2.52. The lowest BCUT2D eigenvalue weighted by molar-refractivity contribution is -0.141. The molecule has 1 aliphatic rings. The molecule has 1 fully saturated rings. The van der Waals surface area contributed by atoms with Gasteiger partial charge in [-0.15, -0.1) is 0 Å². The molecule has 1 aromatic heterocycles. The van der Waals surface area contributed by atoms with Crippen LogP contribution in [-0.4, -0.2) is 52.1 Å². The Kier molecular flexibility index (Phi) is 7.30. The normalized spacial score (nSPS) is 17.6. The highest BCUT2D eigenvalue weighted by molar-refractivity contribution is 5.69. The van der Waals surface area contributed by atoms with Crippen LogP contribution in [0.5, 0.6) is 0 Å². The summed E-state index contributed by atoms with van der Waals surface area (Å²) in [6.07, 6.45) is 5.55. The highest BCUT2D eigenvalue weighted by Gasteiger charge is 2.44. The summed E-state index contributed by atoms with van der Waals surface area (Å²) in [5.74, 6) is -0.357. The van der Waals surface area contributed by atoms with Gasteiger partial charge in [-0.2, -0.15) is 5.10 Å². The van der Waals surface area contributed by atoms with Crippen molar-refractivity contribution in [1.82, 2.24) is 14.7 Å². The van der Waals surface area contributed by atoms with Crippen molar-refractivity contribution in [2.45, 2.75) is 24.6 Å². The van der Waals surface area contributed by atoms with E-state index in [0.717, 1.165) is 17.7 Å². The number of carbonyl (C=O) groups is 1. The molecular formula is C31H31N3O3. The first kappa shape index (κ1) is 24.7. The molecule has 6 nitrogen and oxygen atoms in total. The Balaban J connectivity index is 1.60. The average molecular weight is 494 g/mol. The molecule has 6 heteroatoms. The van der Waals surface area contributed by atoms with Gasteiger partial charge in [-0.1, -0.05) is 91.0 Å². The largest absolute Gasteiger partial charge is 0.468 e. The van der Waals surface area contributed by atoms with Gasteiger partial charge in [-0.3, -0.25) is 14.4 Å². The lowest BCUT2D eigenvalue weighted by Gasteiger charge is -2.48. The average Bonchev–Trinajstić information content (AvgIpc) is 3.39. The van der Waals surface area contributed by atoms with Crippen LogP contribution in [0.3, 0.4) is 0 Å². The maximum absolute atomic E-state index is 11.6. The van der Waals surface area contributed by atoms with E-state index in [4.69, 9.17) is 4.74 Å². The van der Waals surface area contributed by atoms with E-state index in [-0.39, 0.29) is 12.5 Å². The van der Waals surface area contributed by atoms with E-state index >= 15 is 0 Å². The Morgan fingerprint density at radius 3 is 2.03 bits per heavy atom. The van der Waals surface area contributed by atoms with Crippen LogP contribution in [-0.2, 0) is 21.6 Å². The molecule has 0 saturated carbocycles. The Morgan fingerprint density at radius 1 is 0.973 bits per heavy atom. The highest BCUT2D eigenvalue weighted by atomic mass is 16.5. The zero-order chi connectivity index (χ0) is 25.7. The second-order valence-corrected chi connectivity index (χ2v) is 9.30. The van der Waals surface area contributed by atoms with Crippen molar-refractivity contribution in [3.8, 4) is 0 Å². The number of hydrogen-bond acceptors (Lipinski definition) is 5. The second-order valence-electron chi connectivity index (χ2n) is 9.30. The summed E-state index contributed by atoms with van der Waals surface area (Å²) in [5.41, 5.74) is 4.73. The molecule has 37 heavy (non-hydrogen) atoms. The first-order valence-electron chi connectivity index (χ1n) is 12.5. The van der Waals surface area contributed by atoms with Crippen LogP contribution in [0.2, 0.25) is 0 Å². The summed E-state index contributed by atoms with van der Waals surface area (Å²) < 4.78 is 6.30. The van der Waals surface area contributed by atoms with E-state index in [1.54, 1.807) is 17.1 Å². The zero-order valence-electron chi connectivity index (χ0n) is 20.9. The number of hydrogen-bond donors (Lipinski definition) is 1. The van der Waals surface area contributed by atoms with E-state index in [2.05, 4.69) is 82.8 Å². The predicted octanol–water partition coefficient (Wildman–Crippen LogP) is 4.50. The van der Waals surface area contributed by atoms with Gasteiger partial charge in [0, 0.05) is 24.8 Å². The summed E-state index contributed by atoms with van der Waals surface area (Å²) in [6, 6.07) is 31.8. The SMILES string of the molecule is COC(=O)Cn1cc(/C=C2\CN(C(c3ccccc3)(c3ccccc3)c3ccccc3)CCC2O)cn1. The Bertz CT molecular complexity index is 1250. The molecule has 4 aromatic rings. The topological polar surface area (TPSA) is 67.6 Å². The molecule has 1 saturated heterocycles. The number of piperidine rings is 1. The van der Waals surface area contributed by atoms with Crippen LogP contribution in [0.25, 0.3) is 6.08 Å². The van der Waals surface area contributed by atoms with Gasteiger partial charge >= 0.3 is 5.97 Å². The Hall–Kier alpha value is -4.00. The molecule has 1 unspecified atom stereocenters. The number of nitrogens with zero attached hydrogens (tertiary/aromatic N) is 3. The van der Waals surface area contributed by atoms with Crippen molar-refractivity contribution in [3.63, 3.8) is 0 Å². The highest BCUT2D eigenvalue weighted by Crippen LogP contribution is 2.44. The quantitative estimate of drug-likeness (QED) is 0.303. The Labute approximate surface area is 217 Å². The molecule has 0 aliphatic carbocycles. The molecule has 2 heterocycles. The smallest absolute Gasteiger partial charge is 0.327 e. The molecule has 3 aromatic carbocycles. The molecule has 0 amide bonds. The number of rotatable bonds is 7. The van der Waals surface area contributed by atoms with Gasteiger partial charge in [-0.05, 0) is 34.8 Å². The number of esters is 1.